The summed E-state index contributed by atoms with van der Waals surface area (Å²) in [6, 6.07) is 1.99. The number of nitrogens with zero attached hydrogens (tertiary/aromatic N) is 2. The Morgan fingerprint density at radius 2 is 2.19 bits per heavy atom. The molecule has 21 heavy (non-hydrogen) atoms. The highest BCUT2D eigenvalue weighted by Crippen LogP contribution is 2.25. The summed E-state index contributed by atoms with van der Waals surface area (Å²) in [6.07, 6.45) is 0. The number of hydrogen-bond acceptors (Lipinski definition) is 6. The summed E-state index contributed by atoms with van der Waals surface area (Å²) >= 11 is 2.93. The predicted octanol–water partition coefficient (Wildman–Crippen LogP) is 2.52. The molecule has 0 saturated heterocycles. The molecule has 0 spiro atoms. The molecular formula is C13H19N3O2S3. The summed E-state index contributed by atoms with van der Waals surface area (Å²) < 4.78 is 26.7. The Morgan fingerprint density at radius 3 is 2.81 bits per heavy atom. The van der Waals surface area contributed by atoms with Crippen LogP contribution in [0.4, 0.5) is 0 Å². The molecule has 0 amide bonds. The summed E-state index contributed by atoms with van der Waals surface area (Å²) in [4.78, 5) is 5.36. The number of thiophene rings is 1. The van der Waals surface area contributed by atoms with Gasteiger partial charge in [-0.3, -0.25) is 0 Å². The first-order valence-corrected chi connectivity index (χ1v) is 9.80. The second-order valence-corrected chi connectivity index (χ2v) is 8.72. The average Bonchev–Trinajstić information content (AvgIpc) is 3.06. The topological polar surface area (TPSA) is 62.3 Å². The SMILES string of the molecule is CC(C)NCc1sccc1S(=O)(=O)N(C)Cc1cscn1. The second kappa shape index (κ2) is 6.97. The van der Waals surface area contributed by atoms with E-state index in [9.17, 15) is 8.42 Å². The smallest absolute Gasteiger partial charge is 0.244 e. The maximum atomic E-state index is 12.7. The maximum Gasteiger partial charge on any atom is 0.244 e. The highest BCUT2D eigenvalue weighted by atomic mass is 32.2. The predicted molar refractivity (Wildman–Crippen MR) is 87.1 cm³/mol. The zero-order chi connectivity index (χ0) is 15.5. The minimum atomic E-state index is -3.48. The molecule has 0 aliphatic heterocycles. The zero-order valence-electron chi connectivity index (χ0n) is 12.2. The van der Waals surface area contributed by atoms with Crippen molar-refractivity contribution in [2.24, 2.45) is 0 Å². The fourth-order valence-electron chi connectivity index (χ4n) is 1.78. The van der Waals surface area contributed by atoms with Gasteiger partial charge in [0.05, 0.1) is 22.6 Å². The molecule has 5 nitrogen and oxygen atoms in total. The Bertz CT molecular complexity index is 663. The summed E-state index contributed by atoms with van der Waals surface area (Å²) in [5.41, 5.74) is 2.47. The molecule has 0 unspecified atom stereocenters. The van der Waals surface area contributed by atoms with E-state index in [1.807, 2.05) is 24.6 Å². The largest absolute Gasteiger partial charge is 0.310 e. The number of sulfonamides is 1. The third kappa shape index (κ3) is 4.10. The van der Waals surface area contributed by atoms with Crippen molar-refractivity contribution >= 4 is 32.7 Å². The van der Waals surface area contributed by atoms with Crippen LogP contribution in [0.25, 0.3) is 0 Å². The van der Waals surface area contributed by atoms with Gasteiger partial charge in [0.25, 0.3) is 0 Å². The Kier molecular flexibility index (Phi) is 5.50. The van der Waals surface area contributed by atoms with Crippen molar-refractivity contribution in [1.82, 2.24) is 14.6 Å². The zero-order valence-corrected chi connectivity index (χ0v) is 14.7. The minimum absolute atomic E-state index is 0.290. The van der Waals surface area contributed by atoms with Crippen molar-refractivity contribution in [3.05, 3.63) is 32.9 Å². The van der Waals surface area contributed by atoms with Crippen molar-refractivity contribution in [3.63, 3.8) is 0 Å². The van der Waals surface area contributed by atoms with Crippen LogP contribution in [-0.2, 0) is 23.1 Å². The Balaban J connectivity index is 2.17. The van der Waals surface area contributed by atoms with Crippen LogP contribution < -0.4 is 5.32 Å². The summed E-state index contributed by atoms with van der Waals surface area (Å²) in [5, 5.41) is 6.94. The average molecular weight is 346 g/mol. The lowest BCUT2D eigenvalue weighted by Crippen LogP contribution is -2.28. The van der Waals surface area contributed by atoms with E-state index in [1.54, 1.807) is 18.6 Å². The van der Waals surface area contributed by atoms with Crippen molar-refractivity contribution in [1.29, 1.82) is 0 Å². The highest BCUT2D eigenvalue weighted by Gasteiger charge is 2.25. The molecular weight excluding hydrogens is 326 g/mol. The summed E-state index contributed by atoms with van der Waals surface area (Å²) in [5.74, 6) is 0. The van der Waals surface area contributed by atoms with E-state index < -0.39 is 10.0 Å². The molecule has 0 fully saturated rings. The van der Waals surface area contributed by atoms with Gasteiger partial charge in [-0.15, -0.1) is 22.7 Å². The lowest BCUT2D eigenvalue weighted by molar-refractivity contribution is 0.462. The van der Waals surface area contributed by atoms with E-state index in [4.69, 9.17) is 0 Å². The third-order valence-electron chi connectivity index (χ3n) is 2.93. The molecule has 0 aliphatic carbocycles. The monoisotopic (exact) mass is 345 g/mol. The van der Waals surface area contributed by atoms with Crippen LogP contribution in [0.5, 0.6) is 0 Å². The van der Waals surface area contributed by atoms with E-state index in [2.05, 4.69) is 10.3 Å². The fourth-order valence-corrected chi connectivity index (χ4v) is 4.83. The van der Waals surface area contributed by atoms with Crippen LogP contribution in [-0.4, -0.2) is 30.8 Å². The van der Waals surface area contributed by atoms with Gasteiger partial charge in [0.15, 0.2) is 0 Å². The molecule has 2 aromatic rings. The van der Waals surface area contributed by atoms with Crippen LogP contribution in [0.2, 0.25) is 0 Å². The number of rotatable bonds is 7. The van der Waals surface area contributed by atoms with E-state index in [-0.39, 0.29) is 0 Å². The molecule has 2 heterocycles. The Hall–Kier alpha value is -0.800. The molecule has 0 saturated carbocycles. The van der Waals surface area contributed by atoms with Crippen molar-refractivity contribution < 1.29 is 8.42 Å². The van der Waals surface area contributed by atoms with E-state index >= 15 is 0 Å². The summed E-state index contributed by atoms with van der Waals surface area (Å²) in [7, 11) is -1.89. The molecule has 0 radical (unpaired) electrons. The van der Waals surface area contributed by atoms with Gasteiger partial charge < -0.3 is 5.32 Å². The molecule has 8 heteroatoms. The van der Waals surface area contributed by atoms with E-state index in [0.29, 0.717) is 24.0 Å². The molecule has 2 rings (SSSR count). The second-order valence-electron chi connectivity index (χ2n) is 4.98. The van der Waals surface area contributed by atoms with Crippen LogP contribution in [0.15, 0.2) is 27.2 Å². The van der Waals surface area contributed by atoms with Crippen LogP contribution >= 0.6 is 22.7 Å². The molecule has 0 atom stereocenters. The normalized spacial score (nSPS) is 12.4. The van der Waals surface area contributed by atoms with Crippen molar-refractivity contribution in [3.8, 4) is 0 Å². The number of nitrogens with one attached hydrogen (secondary N) is 1. The molecule has 116 valence electrons. The first kappa shape index (κ1) is 16.6. The first-order valence-electron chi connectivity index (χ1n) is 6.54. The number of hydrogen-bond donors (Lipinski definition) is 1. The first-order chi connectivity index (χ1) is 9.91. The molecule has 0 aliphatic rings. The van der Waals surface area contributed by atoms with E-state index in [0.717, 1.165) is 10.6 Å². The lowest BCUT2D eigenvalue weighted by Gasteiger charge is -2.17. The third-order valence-corrected chi connectivity index (χ3v) is 6.51. The van der Waals surface area contributed by atoms with Gasteiger partial charge in [-0.05, 0) is 11.4 Å². The fraction of sp³-hybridized carbons (Fsp3) is 0.462. The quantitative estimate of drug-likeness (QED) is 0.837. The molecule has 2 aromatic heterocycles. The Labute approximate surface area is 133 Å². The Morgan fingerprint density at radius 1 is 1.43 bits per heavy atom. The van der Waals surface area contributed by atoms with Crippen LogP contribution in [0, 0.1) is 0 Å². The lowest BCUT2D eigenvalue weighted by atomic mass is 10.4. The molecule has 0 aromatic carbocycles. The van der Waals surface area contributed by atoms with Gasteiger partial charge in [0, 0.05) is 29.9 Å². The molecule has 1 N–H and O–H groups in total. The van der Waals surface area contributed by atoms with Crippen molar-refractivity contribution in [2.75, 3.05) is 7.05 Å². The number of thiazole rings is 1. The van der Waals surface area contributed by atoms with E-state index in [1.165, 1.54) is 27.0 Å². The van der Waals surface area contributed by atoms with Gasteiger partial charge in [-0.2, -0.15) is 4.31 Å². The van der Waals surface area contributed by atoms with Gasteiger partial charge in [-0.1, -0.05) is 13.8 Å². The highest BCUT2D eigenvalue weighted by molar-refractivity contribution is 7.89. The van der Waals surface area contributed by atoms with Crippen molar-refractivity contribution in [2.45, 2.75) is 37.9 Å². The maximum absolute atomic E-state index is 12.7. The van der Waals surface area contributed by atoms with Gasteiger partial charge in [0.2, 0.25) is 10.0 Å². The van der Waals surface area contributed by atoms with Gasteiger partial charge in [0.1, 0.15) is 0 Å². The molecule has 0 bridgehead atoms. The van der Waals surface area contributed by atoms with Gasteiger partial charge in [-0.25, -0.2) is 13.4 Å². The van der Waals surface area contributed by atoms with Crippen LogP contribution in [0.1, 0.15) is 24.4 Å². The van der Waals surface area contributed by atoms with Crippen LogP contribution in [0.3, 0.4) is 0 Å². The summed E-state index contributed by atoms with van der Waals surface area (Å²) in [6.45, 7) is 4.93. The number of aromatic nitrogens is 1. The van der Waals surface area contributed by atoms with Gasteiger partial charge >= 0.3 is 0 Å². The standard InChI is InChI=1S/C13H19N3O2S3/c1-10(2)14-6-12-13(4-5-20-12)21(17,18)16(3)7-11-8-19-9-15-11/h4-5,8-10,14H,6-7H2,1-3H3. The minimum Gasteiger partial charge on any atom is -0.310 e.